The highest BCUT2D eigenvalue weighted by atomic mass is 32.2. The SMILES string of the molecule is Cn1cccc(C(=O)NCc2ccc3c(c2)CCS3(=O)=O)c1=O. The molecule has 1 aliphatic heterocycles. The van der Waals surface area contributed by atoms with Crippen LogP contribution in [0, 0.1) is 0 Å². The van der Waals surface area contributed by atoms with E-state index in [0.29, 0.717) is 11.3 Å². The van der Waals surface area contributed by atoms with Crippen molar-refractivity contribution >= 4 is 15.7 Å². The minimum Gasteiger partial charge on any atom is -0.348 e. The Morgan fingerprint density at radius 1 is 1.30 bits per heavy atom. The van der Waals surface area contributed by atoms with Crippen molar-refractivity contribution in [1.82, 2.24) is 9.88 Å². The van der Waals surface area contributed by atoms with Crippen LogP contribution >= 0.6 is 0 Å². The van der Waals surface area contributed by atoms with Crippen LogP contribution < -0.4 is 10.9 Å². The number of carbonyl (C=O) groups excluding carboxylic acids is 1. The molecule has 120 valence electrons. The number of rotatable bonds is 3. The molecule has 0 saturated heterocycles. The highest BCUT2D eigenvalue weighted by Gasteiger charge is 2.25. The van der Waals surface area contributed by atoms with Crippen molar-refractivity contribution in [2.75, 3.05) is 5.75 Å². The van der Waals surface area contributed by atoms with Gasteiger partial charge >= 0.3 is 0 Å². The zero-order valence-electron chi connectivity index (χ0n) is 12.6. The number of aryl methyl sites for hydroxylation is 2. The second kappa shape index (κ2) is 5.66. The summed E-state index contributed by atoms with van der Waals surface area (Å²) in [5.74, 6) is -0.308. The van der Waals surface area contributed by atoms with Crippen LogP contribution in [0.3, 0.4) is 0 Å². The normalized spacial score (nSPS) is 15.2. The van der Waals surface area contributed by atoms with E-state index in [9.17, 15) is 18.0 Å². The third-order valence-electron chi connectivity index (χ3n) is 3.92. The van der Waals surface area contributed by atoms with Gasteiger partial charge in [-0.25, -0.2) is 8.42 Å². The van der Waals surface area contributed by atoms with Crippen LogP contribution in [-0.4, -0.2) is 24.6 Å². The van der Waals surface area contributed by atoms with Crippen molar-refractivity contribution in [3.05, 3.63) is 63.6 Å². The zero-order valence-corrected chi connectivity index (χ0v) is 13.4. The van der Waals surface area contributed by atoms with Crippen LogP contribution in [0.15, 0.2) is 46.2 Å². The maximum absolute atomic E-state index is 12.1. The average molecular weight is 332 g/mol. The summed E-state index contributed by atoms with van der Waals surface area (Å²) in [6.07, 6.45) is 2.08. The molecule has 1 aromatic heterocycles. The van der Waals surface area contributed by atoms with Gasteiger partial charge in [0.05, 0.1) is 10.6 Å². The van der Waals surface area contributed by atoms with Gasteiger partial charge in [0.1, 0.15) is 5.56 Å². The van der Waals surface area contributed by atoms with Crippen LogP contribution in [0.1, 0.15) is 21.5 Å². The fourth-order valence-corrected chi connectivity index (χ4v) is 4.19. The second-order valence-corrected chi connectivity index (χ2v) is 7.61. The van der Waals surface area contributed by atoms with Crippen molar-refractivity contribution in [3.63, 3.8) is 0 Å². The van der Waals surface area contributed by atoms with Gasteiger partial charge in [0.2, 0.25) is 0 Å². The van der Waals surface area contributed by atoms with Crippen molar-refractivity contribution in [1.29, 1.82) is 0 Å². The van der Waals surface area contributed by atoms with E-state index >= 15 is 0 Å². The third kappa shape index (κ3) is 2.92. The van der Waals surface area contributed by atoms with Crippen molar-refractivity contribution in [2.24, 2.45) is 7.05 Å². The first-order chi connectivity index (χ1) is 10.9. The number of hydrogen-bond acceptors (Lipinski definition) is 4. The fraction of sp³-hybridized carbons (Fsp3) is 0.250. The predicted molar refractivity (Wildman–Crippen MR) is 85.1 cm³/mol. The quantitative estimate of drug-likeness (QED) is 0.894. The molecule has 23 heavy (non-hydrogen) atoms. The smallest absolute Gasteiger partial charge is 0.263 e. The first-order valence-electron chi connectivity index (χ1n) is 7.17. The molecule has 1 aliphatic rings. The van der Waals surface area contributed by atoms with E-state index < -0.39 is 15.7 Å². The number of benzene rings is 1. The Morgan fingerprint density at radius 3 is 2.87 bits per heavy atom. The monoisotopic (exact) mass is 332 g/mol. The molecule has 1 aromatic carbocycles. The largest absolute Gasteiger partial charge is 0.348 e. The third-order valence-corrected chi connectivity index (χ3v) is 5.73. The molecule has 1 amide bonds. The van der Waals surface area contributed by atoms with Crippen LogP contribution in [0.5, 0.6) is 0 Å². The Morgan fingerprint density at radius 2 is 2.09 bits per heavy atom. The van der Waals surface area contributed by atoms with Gasteiger partial charge < -0.3 is 9.88 Å². The van der Waals surface area contributed by atoms with Gasteiger partial charge in [-0.3, -0.25) is 9.59 Å². The van der Waals surface area contributed by atoms with E-state index in [1.807, 2.05) is 0 Å². The molecule has 7 heteroatoms. The molecule has 0 saturated carbocycles. The van der Waals surface area contributed by atoms with Crippen LogP contribution in [0.25, 0.3) is 0 Å². The molecule has 0 radical (unpaired) electrons. The molecule has 0 spiro atoms. The first-order valence-corrected chi connectivity index (χ1v) is 8.82. The number of sulfone groups is 1. The molecule has 6 nitrogen and oxygen atoms in total. The molecule has 0 fully saturated rings. The topological polar surface area (TPSA) is 85.2 Å². The summed E-state index contributed by atoms with van der Waals surface area (Å²) in [5, 5.41) is 2.69. The molecule has 1 N–H and O–H groups in total. The summed E-state index contributed by atoms with van der Waals surface area (Å²) in [6.45, 7) is 0.240. The van der Waals surface area contributed by atoms with Gasteiger partial charge in [-0.05, 0) is 35.7 Å². The number of amides is 1. The number of aromatic nitrogens is 1. The maximum Gasteiger partial charge on any atom is 0.263 e. The van der Waals surface area contributed by atoms with Crippen molar-refractivity contribution in [3.8, 4) is 0 Å². The van der Waals surface area contributed by atoms with Gasteiger partial charge in [0.15, 0.2) is 9.84 Å². The van der Waals surface area contributed by atoms with Gasteiger partial charge in [0, 0.05) is 19.8 Å². The highest BCUT2D eigenvalue weighted by molar-refractivity contribution is 7.91. The summed E-state index contributed by atoms with van der Waals surface area (Å²) >= 11 is 0. The van der Waals surface area contributed by atoms with Gasteiger partial charge in [-0.2, -0.15) is 0 Å². The van der Waals surface area contributed by atoms with E-state index in [1.165, 1.54) is 10.6 Å². The minimum atomic E-state index is -3.14. The predicted octanol–water partition coefficient (Wildman–Crippen LogP) is 0.645. The highest BCUT2D eigenvalue weighted by Crippen LogP contribution is 2.26. The Labute approximate surface area is 133 Å². The lowest BCUT2D eigenvalue weighted by atomic mass is 10.1. The minimum absolute atomic E-state index is 0.0822. The van der Waals surface area contributed by atoms with Gasteiger partial charge in [0.25, 0.3) is 11.5 Å². The standard InChI is InChI=1S/C16H16N2O4S/c1-18-7-2-3-13(16(18)20)15(19)17-10-11-4-5-14-12(9-11)6-8-23(14,21)22/h2-5,7,9H,6,8,10H2,1H3,(H,17,19). The van der Waals surface area contributed by atoms with Crippen molar-refractivity contribution < 1.29 is 13.2 Å². The molecule has 0 bridgehead atoms. The molecule has 0 atom stereocenters. The Balaban J connectivity index is 1.76. The number of nitrogens with one attached hydrogen (secondary N) is 1. The summed E-state index contributed by atoms with van der Waals surface area (Å²) in [7, 11) is -1.56. The number of nitrogens with zero attached hydrogens (tertiary/aromatic N) is 1. The van der Waals surface area contributed by atoms with E-state index in [2.05, 4.69) is 5.32 Å². The van der Waals surface area contributed by atoms with E-state index in [0.717, 1.165) is 11.1 Å². The Hall–Kier alpha value is -2.41. The van der Waals surface area contributed by atoms with Crippen LogP contribution in [-0.2, 0) is 29.9 Å². The molecular weight excluding hydrogens is 316 g/mol. The molecule has 2 heterocycles. The summed E-state index contributed by atoms with van der Waals surface area (Å²) < 4.78 is 24.9. The number of hydrogen-bond donors (Lipinski definition) is 1. The Kier molecular flexibility index (Phi) is 3.81. The number of fused-ring (bicyclic) bond motifs is 1. The average Bonchev–Trinajstić information content (AvgIpc) is 2.83. The van der Waals surface area contributed by atoms with E-state index in [1.54, 1.807) is 37.5 Å². The molecular formula is C16H16N2O4S. The van der Waals surface area contributed by atoms with Gasteiger partial charge in [-0.15, -0.1) is 0 Å². The maximum atomic E-state index is 12.1. The number of carbonyl (C=O) groups is 1. The summed E-state index contributed by atoms with van der Waals surface area (Å²) in [5.41, 5.74) is 1.32. The lowest BCUT2D eigenvalue weighted by Gasteiger charge is -2.07. The molecule has 2 aromatic rings. The second-order valence-electron chi connectivity index (χ2n) is 5.53. The van der Waals surface area contributed by atoms with E-state index in [4.69, 9.17) is 0 Å². The van der Waals surface area contributed by atoms with E-state index in [-0.39, 0.29) is 23.4 Å². The van der Waals surface area contributed by atoms with Crippen LogP contribution in [0.4, 0.5) is 0 Å². The van der Waals surface area contributed by atoms with Gasteiger partial charge in [-0.1, -0.05) is 12.1 Å². The molecule has 3 rings (SSSR count). The fourth-order valence-electron chi connectivity index (χ4n) is 2.64. The first kappa shape index (κ1) is 15.5. The van der Waals surface area contributed by atoms with Crippen LogP contribution in [0.2, 0.25) is 0 Å². The molecule has 0 unspecified atom stereocenters. The summed E-state index contributed by atoms with van der Waals surface area (Å²) in [6, 6.07) is 8.18. The number of pyridine rings is 1. The summed E-state index contributed by atoms with van der Waals surface area (Å²) in [4.78, 5) is 24.4. The Bertz CT molecular complexity index is 945. The molecule has 0 aliphatic carbocycles. The lowest BCUT2D eigenvalue weighted by molar-refractivity contribution is 0.0949. The lowest BCUT2D eigenvalue weighted by Crippen LogP contribution is -2.31. The van der Waals surface area contributed by atoms with Crippen molar-refractivity contribution in [2.45, 2.75) is 17.9 Å². The zero-order chi connectivity index (χ0) is 16.6.